The zero-order valence-electron chi connectivity index (χ0n) is 11.3. The number of carboxylic acid groups (broad SMARTS) is 1. The molecule has 1 atom stereocenters. The van der Waals surface area contributed by atoms with Crippen LogP contribution in [0.3, 0.4) is 0 Å². The number of carboxylic acids is 1. The first-order valence-corrected chi connectivity index (χ1v) is 6.48. The van der Waals surface area contributed by atoms with Gasteiger partial charge in [0, 0.05) is 11.7 Å². The van der Waals surface area contributed by atoms with E-state index in [2.05, 4.69) is 19.2 Å². The Bertz CT molecular complexity index is 466. The van der Waals surface area contributed by atoms with Crippen LogP contribution in [0, 0.1) is 12.3 Å². The number of aromatic carboxylic acids is 1. The summed E-state index contributed by atoms with van der Waals surface area (Å²) >= 11 is 0. The van der Waals surface area contributed by atoms with Gasteiger partial charge in [-0.3, -0.25) is 0 Å². The second-order valence-corrected chi connectivity index (χ2v) is 6.08. The minimum atomic E-state index is -0.869. The number of hydrogen-bond donors (Lipinski definition) is 2. The maximum absolute atomic E-state index is 10.9. The van der Waals surface area contributed by atoms with Crippen molar-refractivity contribution < 1.29 is 9.90 Å². The fraction of sp³-hybridized carbons (Fsp3) is 0.533. The molecule has 3 heteroatoms. The fourth-order valence-electron chi connectivity index (χ4n) is 2.74. The van der Waals surface area contributed by atoms with E-state index in [4.69, 9.17) is 5.11 Å². The Balaban J connectivity index is 2.09. The third-order valence-electron chi connectivity index (χ3n) is 3.80. The Labute approximate surface area is 108 Å². The smallest absolute Gasteiger partial charge is 0.335 e. The summed E-state index contributed by atoms with van der Waals surface area (Å²) in [4.78, 5) is 10.9. The highest BCUT2D eigenvalue weighted by molar-refractivity contribution is 5.88. The third kappa shape index (κ3) is 2.84. The third-order valence-corrected chi connectivity index (χ3v) is 3.80. The molecule has 98 valence electrons. The molecule has 2 N–H and O–H groups in total. The van der Waals surface area contributed by atoms with Gasteiger partial charge in [-0.25, -0.2) is 4.79 Å². The summed E-state index contributed by atoms with van der Waals surface area (Å²) in [5, 5.41) is 12.5. The van der Waals surface area contributed by atoms with Gasteiger partial charge < -0.3 is 10.4 Å². The lowest BCUT2D eigenvalue weighted by atomic mass is 9.92. The number of aryl methyl sites for hydroxylation is 1. The SMILES string of the molecule is Cc1cc(C(=O)O)ccc1NC1CCC(C)(C)C1. The van der Waals surface area contributed by atoms with E-state index in [1.54, 1.807) is 12.1 Å². The Kier molecular flexibility index (Phi) is 3.33. The molecule has 0 amide bonds. The van der Waals surface area contributed by atoms with Crippen molar-refractivity contribution in [2.45, 2.75) is 46.1 Å². The van der Waals surface area contributed by atoms with Crippen LogP contribution in [0.2, 0.25) is 0 Å². The molecular formula is C15H21NO2. The molecule has 1 aromatic rings. The summed E-state index contributed by atoms with van der Waals surface area (Å²) in [6.45, 7) is 6.55. The summed E-state index contributed by atoms with van der Waals surface area (Å²) in [5.41, 5.74) is 2.83. The highest BCUT2D eigenvalue weighted by Gasteiger charge is 2.30. The molecule has 1 fully saturated rings. The van der Waals surface area contributed by atoms with Crippen LogP contribution >= 0.6 is 0 Å². The normalized spacial score (nSPS) is 21.8. The van der Waals surface area contributed by atoms with Crippen LogP contribution in [-0.2, 0) is 0 Å². The van der Waals surface area contributed by atoms with Crippen molar-refractivity contribution in [2.24, 2.45) is 5.41 Å². The predicted octanol–water partition coefficient (Wildman–Crippen LogP) is 3.68. The van der Waals surface area contributed by atoms with E-state index in [1.807, 2.05) is 13.0 Å². The molecule has 1 aliphatic carbocycles. The number of rotatable bonds is 3. The molecular weight excluding hydrogens is 226 g/mol. The van der Waals surface area contributed by atoms with Crippen molar-refractivity contribution in [1.29, 1.82) is 0 Å². The van der Waals surface area contributed by atoms with E-state index < -0.39 is 5.97 Å². The number of hydrogen-bond acceptors (Lipinski definition) is 2. The van der Waals surface area contributed by atoms with Gasteiger partial charge in [0.2, 0.25) is 0 Å². The molecule has 1 aromatic carbocycles. The lowest BCUT2D eigenvalue weighted by Crippen LogP contribution is -2.18. The fourth-order valence-corrected chi connectivity index (χ4v) is 2.74. The van der Waals surface area contributed by atoms with Crippen LogP contribution in [0.1, 0.15) is 49.0 Å². The highest BCUT2D eigenvalue weighted by atomic mass is 16.4. The summed E-state index contributed by atoms with van der Waals surface area (Å²) in [6.07, 6.45) is 3.61. The monoisotopic (exact) mass is 247 g/mol. The number of benzene rings is 1. The maximum Gasteiger partial charge on any atom is 0.335 e. The molecule has 2 rings (SSSR count). The topological polar surface area (TPSA) is 49.3 Å². The average molecular weight is 247 g/mol. The average Bonchev–Trinajstić information content (AvgIpc) is 2.61. The second kappa shape index (κ2) is 4.63. The van der Waals surface area contributed by atoms with Gasteiger partial charge in [0.25, 0.3) is 0 Å². The van der Waals surface area contributed by atoms with Crippen LogP contribution in [0.5, 0.6) is 0 Å². The van der Waals surface area contributed by atoms with Crippen molar-refractivity contribution in [1.82, 2.24) is 0 Å². The Hall–Kier alpha value is -1.51. The van der Waals surface area contributed by atoms with E-state index in [1.165, 1.54) is 19.3 Å². The predicted molar refractivity (Wildman–Crippen MR) is 73.2 cm³/mol. The van der Waals surface area contributed by atoms with Crippen LogP contribution in [-0.4, -0.2) is 17.1 Å². The van der Waals surface area contributed by atoms with Gasteiger partial charge in [-0.2, -0.15) is 0 Å². The Morgan fingerprint density at radius 1 is 1.44 bits per heavy atom. The molecule has 0 saturated heterocycles. The van der Waals surface area contributed by atoms with E-state index in [0.29, 0.717) is 17.0 Å². The Morgan fingerprint density at radius 2 is 2.17 bits per heavy atom. The van der Waals surface area contributed by atoms with Gasteiger partial charge in [-0.05, 0) is 55.4 Å². The molecule has 3 nitrogen and oxygen atoms in total. The van der Waals surface area contributed by atoms with Gasteiger partial charge in [-0.1, -0.05) is 13.8 Å². The lowest BCUT2D eigenvalue weighted by molar-refractivity contribution is 0.0697. The molecule has 0 aromatic heterocycles. The number of anilines is 1. The van der Waals surface area contributed by atoms with E-state index in [0.717, 1.165) is 11.3 Å². The second-order valence-electron chi connectivity index (χ2n) is 6.08. The van der Waals surface area contributed by atoms with Crippen molar-refractivity contribution in [3.05, 3.63) is 29.3 Å². The van der Waals surface area contributed by atoms with Gasteiger partial charge in [-0.15, -0.1) is 0 Å². The summed E-state index contributed by atoms with van der Waals surface area (Å²) < 4.78 is 0. The standard InChI is InChI=1S/C15H21NO2/c1-10-8-11(14(17)18)4-5-13(10)16-12-6-7-15(2,3)9-12/h4-5,8,12,16H,6-7,9H2,1-3H3,(H,17,18). The summed E-state index contributed by atoms with van der Waals surface area (Å²) in [6, 6.07) is 5.78. The lowest BCUT2D eigenvalue weighted by Gasteiger charge is -2.19. The molecule has 1 aliphatic rings. The number of carbonyl (C=O) groups is 1. The van der Waals surface area contributed by atoms with E-state index >= 15 is 0 Å². The Morgan fingerprint density at radius 3 is 2.67 bits per heavy atom. The summed E-state index contributed by atoms with van der Waals surface area (Å²) in [5.74, 6) is -0.869. The van der Waals surface area contributed by atoms with Gasteiger partial charge in [0.15, 0.2) is 0 Å². The van der Waals surface area contributed by atoms with Crippen molar-refractivity contribution >= 4 is 11.7 Å². The quantitative estimate of drug-likeness (QED) is 0.856. The first kappa shape index (κ1) is 12.9. The largest absolute Gasteiger partial charge is 0.478 e. The van der Waals surface area contributed by atoms with Crippen LogP contribution < -0.4 is 5.32 Å². The van der Waals surface area contributed by atoms with Gasteiger partial charge in [0.1, 0.15) is 0 Å². The van der Waals surface area contributed by atoms with Crippen molar-refractivity contribution in [3.8, 4) is 0 Å². The van der Waals surface area contributed by atoms with Gasteiger partial charge in [0.05, 0.1) is 5.56 Å². The first-order chi connectivity index (χ1) is 8.37. The molecule has 0 radical (unpaired) electrons. The summed E-state index contributed by atoms with van der Waals surface area (Å²) in [7, 11) is 0. The van der Waals surface area contributed by atoms with Crippen LogP contribution in [0.4, 0.5) is 5.69 Å². The van der Waals surface area contributed by atoms with Crippen LogP contribution in [0.15, 0.2) is 18.2 Å². The molecule has 1 unspecified atom stereocenters. The van der Waals surface area contributed by atoms with E-state index in [9.17, 15) is 4.79 Å². The molecule has 18 heavy (non-hydrogen) atoms. The number of nitrogens with one attached hydrogen (secondary N) is 1. The molecule has 1 saturated carbocycles. The van der Waals surface area contributed by atoms with Crippen molar-refractivity contribution in [3.63, 3.8) is 0 Å². The first-order valence-electron chi connectivity index (χ1n) is 6.48. The molecule has 0 aliphatic heterocycles. The maximum atomic E-state index is 10.9. The zero-order valence-corrected chi connectivity index (χ0v) is 11.3. The van der Waals surface area contributed by atoms with Gasteiger partial charge >= 0.3 is 5.97 Å². The minimum Gasteiger partial charge on any atom is -0.478 e. The molecule has 0 spiro atoms. The molecule has 0 bridgehead atoms. The zero-order chi connectivity index (χ0) is 13.3. The van der Waals surface area contributed by atoms with E-state index in [-0.39, 0.29) is 0 Å². The minimum absolute atomic E-state index is 0.352. The molecule has 0 heterocycles. The highest BCUT2D eigenvalue weighted by Crippen LogP contribution is 2.38. The van der Waals surface area contributed by atoms with Crippen molar-refractivity contribution in [2.75, 3.05) is 5.32 Å². The van der Waals surface area contributed by atoms with Crippen LogP contribution in [0.25, 0.3) is 0 Å².